The molecule has 0 aliphatic carbocycles. The molecule has 2 rings (SSSR count). The first-order chi connectivity index (χ1) is 9.28. The second-order valence-corrected chi connectivity index (χ2v) is 5.71. The smallest absolute Gasteiger partial charge is 0.137 e. The zero-order chi connectivity index (χ0) is 13.5. The predicted octanol–water partition coefficient (Wildman–Crippen LogP) is -0.132. The van der Waals surface area contributed by atoms with Gasteiger partial charge in [-0.25, -0.2) is 0 Å². The zero-order valence-electron chi connectivity index (χ0n) is 12.3. The Hall–Kier alpha value is -1.06. The molecule has 1 aliphatic heterocycles. The molecule has 1 heterocycles. The number of quaternary nitrogens is 2. The van der Waals surface area contributed by atoms with Crippen LogP contribution in [0.25, 0.3) is 0 Å². The van der Waals surface area contributed by atoms with Crippen LogP contribution in [0.3, 0.4) is 0 Å². The average molecular weight is 264 g/mol. The van der Waals surface area contributed by atoms with Gasteiger partial charge in [0.05, 0.1) is 26.2 Å². The SMILES string of the molecule is C[NH2+][C@H](C)Cc1ccc(OCC[NH+]2CCCC2)cc1. The Labute approximate surface area is 116 Å². The van der Waals surface area contributed by atoms with Crippen LogP contribution in [0.5, 0.6) is 5.75 Å². The monoisotopic (exact) mass is 264 g/mol. The highest BCUT2D eigenvalue weighted by atomic mass is 16.5. The van der Waals surface area contributed by atoms with Crippen molar-refractivity contribution < 1.29 is 15.0 Å². The molecule has 0 radical (unpaired) electrons. The molecule has 1 aromatic rings. The van der Waals surface area contributed by atoms with Gasteiger partial charge in [0, 0.05) is 19.3 Å². The molecule has 0 saturated carbocycles. The number of rotatable bonds is 7. The first kappa shape index (κ1) is 14.4. The molecular formula is C16H28N2O+2. The van der Waals surface area contributed by atoms with Crippen LogP contribution in [-0.2, 0) is 6.42 Å². The van der Waals surface area contributed by atoms with E-state index in [-0.39, 0.29) is 0 Å². The van der Waals surface area contributed by atoms with Crippen molar-refractivity contribution in [1.29, 1.82) is 0 Å². The number of ether oxygens (including phenoxy) is 1. The maximum Gasteiger partial charge on any atom is 0.137 e. The highest BCUT2D eigenvalue weighted by Crippen LogP contribution is 2.12. The Kier molecular flexibility index (Phi) is 5.67. The topological polar surface area (TPSA) is 30.3 Å². The first-order valence-corrected chi connectivity index (χ1v) is 7.62. The van der Waals surface area contributed by atoms with Crippen molar-refractivity contribution in [1.82, 2.24) is 0 Å². The van der Waals surface area contributed by atoms with Crippen LogP contribution < -0.4 is 15.0 Å². The molecule has 0 amide bonds. The number of nitrogens with one attached hydrogen (secondary N) is 1. The van der Waals surface area contributed by atoms with Crippen molar-refractivity contribution in [2.24, 2.45) is 0 Å². The van der Waals surface area contributed by atoms with E-state index in [1.807, 2.05) is 0 Å². The van der Waals surface area contributed by atoms with Crippen LogP contribution in [0.15, 0.2) is 24.3 Å². The summed E-state index contributed by atoms with van der Waals surface area (Å²) >= 11 is 0. The van der Waals surface area contributed by atoms with Crippen molar-refractivity contribution in [3.63, 3.8) is 0 Å². The fourth-order valence-corrected chi connectivity index (χ4v) is 2.65. The van der Waals surface area contributed by atoms with Gasteiger partial charge in [0.1, 0.15) is 18.9 Å². The maximum atomic E-state index is 5.83. The molecule has 1 atom stereocenters. The van der Waals surface area contributed by atoms with Crippen molar-refractivity contribution in [3.05, 3.63) is 29.8 Å². The zero-order valence-corrected chi connectivity index (χ0v) is 12.3. The summed E-state index contributed by atoms with van der Waals surface area (Å²) in [6, 6.07) is 9.25. The lowest BCUT2D eigenvalue weighted by molar-refractivity contribution is -0.887. The third kappa shape index (κ3) is 4.84. The molecular weight excluding hydrogens is 236 g/mol. The van der Waals surface area contributed by atoms with Gasteiger partial charge in [-0.1, -0.05) is 12.1 Å². The minimum Gasteiger partial charge on any atom is -0.488 e. The second-order valence-electron chi connectivity index (χ2n) is 5.71. The number of hydrogen-bond acceptors (Lipinski definition) is 1. The molecule has 1 aliphatic rings. The number of hydrogen-bond donors (Lipinski definition) is 2. The van der Waals surface area contributed by atoms with Crippen molar-refractivity contribution in [2.45, 2.75) is 32.2 Å². The third-order valence-corrected chi connectivity index (χ3v) is 4.09. The Morgan fingerprint density at radius 2 is 1.89 bits per heavy atom. The van der Waals surface area contributed by atoms with Crippen LogP contribution in [0.2, 0.25) is 0 Å². The Morgan fingerprint density at radius 3 is 2.53 bits per heavy atom. The molecule has 1 saturated heterocycles. The van der Waals surface area contributed by atoms with E-state index >= 15 is 0 Å². The van der Waals surface area contributed by atoms with Crippen LogP contribution in [0.4, 0.5) is 0 Å². The van der Waals surface area contributed by atoms with Crippen LogP contribution in [0, 0.1) is 0 Å². The highest BCUT2D eigenvalue weighted by molar-refractivity contribution is 5.27. The average Bonchev–Trinajstić information content (AvgIpc) is 2.94. The van der Waals surface area contributed by atoms with Gasteiger partial charge in [-0.15, -0.1) is 0 Å². The van der Waals surface area contributed by atoms with Gasteiger partial charge in [-0.05, 0) is 24.6 Å². The van der Waals surface area contributed by atoms with Gasteiger partial charge in [0.25, 0.3) is 0 Å². The van der Waals surface area contributed by atoms with Crippen molar-refractivity contribution >= 4 is 0 Å². The molecule has 19 heavy (non-hydrogen) atoms. The number of benzene rings is 1. The molecule has 0 spiro atoms. The Bertz CT molecular complexity index is 358. The minimum atomic E-state index is 0.644. The number of likely N-dealkylation sites (tertiary alicyclic amines) is 1. The van der Waals surface area contributed by atoms with Crippen molar-refractivity contribution in [2.75, 3.05) is 33.3 Å². The summed E-state index contributed by atoms with van der Waals surface area (Å²) in [4.78, 5) is 1.70. The van der Waals surface area contributed by atoms with E-state index in [1.165, 1.54) is 31.5 Å². The first-order valence-electron chi connectivity index (χ1n) is 7.62. The van der Waals surface area contributed by atoms with Gasteiger partial charge in [0.15, 0.2) is 0 Å². The molecule has 3 heteroatoms. The maximum absolute atomic E-state index is 5.83. The molecule has 0 unspecified atom stereocenters. The van der Waals surface area contributed by atoms with E-state index in [0.29, 0.717) is 6.04 Å². The molecule has 106 valence electrons. The highest BCUT2D eigenvalue weighted by Gasteiger charge is 2.14. The van der Waals surface area contributed by atoms with Gasteiger partial charge < -0.3 is 15.0 Å². The number of likely N-dealkylation sites (N-methyl/N-ethyl adjacent to an activating group) is 1. The lowest BCUT2D eigenvalue weighted by atomic mass is 10.1. The van der Waals surface area contributed by atoms with E-state index in [9.17, 15) is 0 Å². The molecule has 3 N–H and O–H groups in total. The summed E-state index contributed by atoms with van der Waals surface area (Å²) in [5, 5.41) is 2.25. The second kappa shape index (κ2) is 7.51. The summed E-state index contributed by atoms with van der Waals surface area (Å²) in [5.74, 6) is 1.01. The summed E-state index contributed by atoms with van der Waals surface area (Å²) in [5.41, 5.74) is 1.39. The van der Waals surface area contributed by atoms with Crippen LogP contribution in [-0.4, -0.2) is 39.3 Å². The standard InChI is InChI=1S/C16H26N2O/c1-14(17-2)13-15-5-7-16(8-6-15)19-12-11-18-9-3-4-10-18/h5-8,14,17H,3-4,9-13H2,1-2H3/p+2/t14-/m1/s1. The van der Waals surface area contributed by atoms with Crippen molar-refractivity contribution in [3.8, 4) is 5.75 Å². The van der Waals surface area contributed by atoms with Gasteiger partial charge in [-0.3, -0.25) is 0 Å². The Morgan fingerprint density at radius 1 is 1.21 bits per heavy atom. The largest absolute Gasteiger partial charge is 0.488 e. The Balaban J connectivity index is 1.71. The fraction of sp³-hybridized carbons (Fsp3) is 0.625. The summed E-state index contributed by atoms with van der Waals surface area (Å²) in [7, 11) is 2.13. The normalized spacial score (nSPS) is 17.6. The van der Waals surface area contributed by atoms with Gasteiger partial charge in [-0.2, -0.15) is 0 Å². The lowest BCUT2D eigenvalue weighted by Gasteiger charge is -2.13. The summed E-state index contributed by atoms with van der Waals surface area (Å²) in [6.07, 6.45) is 3.89. The molecule has 0 aromatic heterocycles. The summed E-state index contributed by atoms with van der Waals surface area (Å²) in [6.45, 7) is 6.89. The van der Waals surface area contributed by atoms with Crippen LogP contribution >= 0.6 is 0 Å². The third-order valence-electron chi connectivity index (χ3n) is 4.09. The summed E-state index contributed by atoms with van der Waals surface area (Å²) < 4.78 is 5.83. The van der Waals surface area contributed by atoms with E-state index in [0.717, 1.165) is 25.3 Å². The molecule has 3 nitrogen and oxygen atoms in total. The van der Waals surface area contributed by atoms with E-state index < -0.39 is 0 Å². The fourth-order valence-electron chi connectivity index (χ4n) is 2.65. The van der Waals surface area contributed by atoms with Gasteiger partial charge >= 0.3 is 0 Å². The van der Waals surface area contributed by atoms with E-state index in [4.69, 9.17) is 4.74 Å². The van der Waals surface area contributed by atoms with Crippen LogP contribution in [0.1, 0.15) is 25.3 Å². The number of nitrogens with two attached hydrogens (primary N) is 1. The quantitative estimate of drug-likeness (QED) is 0.706. The minimum absolute atomic E-state index is 0.644. The van der Waals surface area contributed by atoms with E-state index in [2.05, 4.69) is 43.6 Å². The molecule has 0 bridgehead atoms. The molecule has 1 aromatic carbocycles. The van der Waals surface area contributed by atoms with Gasteiger partial charge in [0.2, 0.25) is 0 Å². The molecule has 1 fully saturated rings. The lowest BCUT2D eigenvalue weighted by Crippen LogP contribution is -3.10. The van der Waals surface area contributed by atoms with E-state index in [1.54, 1.807) is 4.90 Å². The predicted molar refractivity (Wildman–Crippen MR) is 77.8 cm³/mol.